The molecule has 0 amide bonds. The summed E-state index contributed by atoms with van der Waals surface area (Å²) >= 11 is 0. The zero-order valence-electron chi connectivity index (χ0n) is 16.1. The van der Waals surface area contributed by atoms with Gasteiger partial charge in [0.15, 0.2) is 5.88 Å². The minimum absolute atomic E-state index is 0.0665. The molecule has 1 fully saturated rings. The van der Waals surface area contributed by atoms with E-state index in [0.717, 1.165) is 31.7 Å². The summed E-state index contributed by atoms with van der Waals surface area (Å²) in [5.41, 5.74) is 1.69. The Hall–Kier alpha value is -2.66. The molecule has 1 aromatic carbocycles. The van der Waals surface area contributed by atoms with Crippen LogP contribution in [0.3, 0.4) is 0 Å². The molecule has 0 unspecified atom stereocenters. The van der Waals surface area contributed by atoms with Gasteiger partial charge in [-0.2, -0.15) is 5.26 Å². The molecule has 3 rings (SSSR count). The summed E-state index contributed by atoms with van der Waals surface area (Å²) in [4.78, 5) is 17.1. The van der Waals surface area contributed by atoms with Gasteiger partial charge in [0.1, 0.15) is 11.6 Å². The minimum atomic E-state index is -0.460. The fourth-order valence-corrected chi connectivity index (χ4v) is 3.64. The number of nitrogens with zero attached hydrogens (tertiary/aromatic N) is 4. The number of rotatable bonds is 6. The average Bonchev–Trinajstić information content (AvgIpc) is 2.71. The first kappa shape index (κ1) is 20.1. The largest absolute Gasteiger partial charge is 0.494 e. The molecule has 1 aliphatic rings. The lowest BCUT2D eigenvalue weighted by Gasteiger charge is -2.34. The molecule has 1 saturated heterocycles. The number of pyridine rings is 1. The van der Waals surface area contributed by atoms with Crippen LogP contribution < -0.4 is 5.56 Å². The summed E-state index contributed by atoms with van der Waals surface area (Å²) in [5, 5.41) is 29.5. The van der Waals surface area contributed by atoms with Gasteiger partial charge in [0.2, 0.25) is 0 Å². The van der Waals surface area contributed by atoms with E-state index < -0.39 is 5.56 Å². The number of aliphatic hydroxyl groups excluding tert-OH is 1. The second kappa shape index (κ2) is 9.02. The first-order valence-corrected chi connectivity index (χ1v) is 9.50. The number of aromatic hydroxyl groups is 1. The van der Waals surface area contributed by atoms with Crippen molar-refractivity contribution in [3.63, 3.8) is 0 Å². The molecular weight excluding hydrogens is 356 g/mol. The summed E-state index contributed by atoms with van der Waals surface area (Å²) in [6.45, 7) is 6.53. The molecule has 2 N–H and O–H groups in total. The molecule has 148 valence electrons. The van der Waals surface area contributed by atoms with Crippen molar-refractivity contribution in [2.75, 3.05) is 39.3 Å². The van der Waals surface area contributed by atoms with Crippen molar-refractivity contribution >= 4 is 0 Å². The second-order valence-corrected chi connectivity index (χ2v) is 7.13. The van der Waals surface area contributed by atoms with Crippen LogP contribution in [-0.4, -0.2) is 63.9 Å². The smallest absolute Gasteiger partial charge is 0.271 e. The van der Waals surface area contributed by atoms with Crippen LogP contribution in [0.2, 0.25) is 0 Å². The van der Waals surface area contributed by atoms with Gasteiger partial charge in [0, 0.05) is 44.8 Å². The van der Waals surface area contributed by atoms with Gasteiger partial charge >= 0.3 is 0 Å². The first-order chi connectivity index (χ1) is 13.5. The number of hydrogen-bond acceptors (Lipinski definition) is 6. The Labute approximate surface area is 164 Å². The van der Waals surface area contributed by atoms with Crippen molar-refractivity contribution in [2.24, 2.45) is 0 Å². The van der Waals surface area contributed by atoms with Crippen LogP contribution in [0, 0.1) is 18.3 Å². The van der Waals surface area contributed by atoms with Gasteiger partial charge in [0.05, 0.1) is 13.2 Å². The van der Waals surface area contributed by atoms with Gasteiger partial charge in [-0.05, 0) is 18.1 Å². The summed E-state index contributed by atoms with van der Waals surface area (Å²) in [7, 11) is 0. The Morgan fingerprint density at radius 3 is 2.32 bits per heavy atom. The van der Waals surface area contributed by atoms with E-state index in [0.29, 0.717) is 24.2 Å². The highest BCUT2D eigenvalue weighted by atomic mass is 16.3. The number of hydrogen-bond donors (Lipinski definition) is 2. The van der Waals surface area contributed by atoms with Gasteiger partial charge in [-0.1, -0.05) is 30.3 Å². The number of piperazine rings is 1. The number of nitriles is 1. The highest BCUT2D eigenvalue weighted by Gasteiger charge is 2.23. The maximum Gasteiger partial charge on any atom is 0.271 e. The van der Waals surface area contributed by atoms with Crippen molar-refractivity contribution in [1.82, 2.24) is 14.4 Å². The average molecular weight is 382 g/mol. The summed E-state index contributed by atoms with van der Waals surface area (Å²) in [5.74, 6) is -0.0665. The molecule has 0 bridgehead atoms. The highest BCUT2D eigenvalue weighted by Crippen LogP contribution is 2.24. The van der Waals surface area contributed by atoms with Crippen LogP contribution in [0.25, 0.3) is 0 Å². The van der Waals surface area contributed by atoms with E-state index in [4.69, 9.17) is 5.11 Å². The fourth-order valence-electron chi connectivity index (χ4n) is 3.64. The third-order valence-electron chi connectivity index (χ3n) is 5.37. The minimum Gasteiger partial charge on any atom is -0.494 e. The summed E-state index contributed by atoms with van der Waals surface area (Å²) in [6.07, 6.45) is 0. The SMILES string of the molecule is Cc1c(CN2CCN(CCO)CC2)c(O)n(Cc2ccccc2)c(=O)c1C#N. The molecule has 7 nitrogen and oxygen atoms in total. The highest BCUT2D eigenvalue weighted by molar-refractivity contribution is 5.45. The molecule has 28 heavy (non-hydrogen) atoms. The van der Waals surface area contributed by atoms with E-state index in [-0.39, 0.29) is 24.6 Å². The molecule has 0 spiro atoms. The maximum atomic E-state index is 12.7. The van der Waals surface area contributed by atoms with Crippen LogP contribution in [0.4, 0.5) is 0 Å². The Morgan fingerprint density at radius 2 is 1.71 bits per heavy atom. The van der Waals surface area contributed by atoms with Crippen molar-refractivity contribution < 1.29 is 10.2 Å². The zero-order chi connectivity index (χ0) is 20.1. The Bertz CT molecular complexity index is 910. The third kappa shape index (κ3) is 4.25. The van der Waals surface area contributed by atoms with E-state index in [9.17, 15) is 15.2 Å². The fraction of sp³-hybridized carbons (Fsp3) is 0.429. The molecule has 1 aromatic heterocycles. The lowest BCUT2D eigenvalue weighted by atomic mass is 10.0. The molecule has 7 heteroatoms. The lowest BCUT2D eigenvalue weighted by Crippen LogP contribution is -2.46. The van der Waals surface area contributed by atoms with Crippen molar-refractivity contribution in [2.45, 2.75) is 20.0 Å². The molecule has 0 radical (unpaired) electrons. The topological polar surface area (TPSA) is 92.7 Å². The van der Waals surface area contributed by atoms with Crippen molar-refractivity contribution in [3.05, 3.63) is 62.9 Å². The molecular formula is C21H26N4O3. The number of aliphatic hydroxyl groups is 1. The summed E-state index contributed by atoms with van der Waals surface area (Å²) < 4.78 is 1.29. The van der Waals surface area contributed by atoms with E-state index in [2.05, 4.69) is 9.80 Å². The van der Waals surface area contributed by atoms with E-state index in [1.54, 1.807) is 6.92 Å². The van der Waals surface area contributed by atoms with Crippen LogP contribution in [0.1, 0.15) is 22.3 Å². The van der Waals surface area contributed by atoms with Crippen molar-refractivity contribution in [3.8, 4) is 11.9 Å². The van der Waals surface area contributed by atoms with Gasteiger partial charge in [-0.3, -0.25) is 19.2 Å². The monoisotopic (exact) mass is 382 g/mol. The van der Waals surface area contributed by atoms with E-state index in [1.165, 1.54) is 4.57 Å². The van der Waals surface area contributed by atoms with Crippen molar-refractivity contribution in [1.29, 1.82) is 5.26 Å². The predicted molar refractivity (Wildman–Crippen MR) is 106 cm³/mol. The van der Waals surface area contributed by atoms with Crippen LogP contribution in [0.5, 0.6) is 5.88 Å². The number of benzene rings is 1. The normalized spacial score (nSPS) is 15.5. The number of β-amino-alcohol motifs (C(OH)–C–C–N with tert-alkyl or cyclic N) is 1. The molecule has 2 aromatic rings. The Balaban J connectivity index is 1.90. The quantitative estimate of drug-likeness (QED) is 0.771. The number of aromatic nitrogens is 1. The van der Waals surface area contributed by atoms with Crippen LogP contribution in [-0.2, 0) is 13.1 Å². The Morgan fingerprint density at radius 1 is 1.07 bits per heavy atom. The molecule has 0 saturated carbocycles. The Kier molecular flexibility index (Phi) is 6.47. The van der Waals surface area contributed by atoms with Gasteiger partial charge < -0.3 is 10.2 Å². The van der Waals surface area contributed by atoms with E-state index >= 15 is 0 Å². The lowest BCUT2D eigenvalue weighted by molar-refractivity contribution is 0.107. The third-order valence-corrected chi connectivity index (χ3v) is 5.37. The molecule has 0 atom stereocenters. The van der Waals surface area contributed by atoms with Crippen LogP contribution >= 0.6 is 0 Å². The van der Waals surface area contributed by atoms with Crippen LogP contribution in [0.15, 0.2) is 35.1 Å². The second-order valence-electron chi connectivity index (χ2n) is 7.13. The maximum absolute atomic E-state index is 12.7. The molecule has 1 aliphatic heterocycles. The van der Waals surface area contributed by atoms with E-state index in [1.807, 2.05) is 36.4 Å². The standard InChI is InChI=1S/C21H26N4O3/c1-16-18(13-22)20(27)25(14-17-5-3-2-4-6-17)21(28)19(16)15-24-9-7-23(8-10-24)11-12-26/h2-6,26,28H,7-12,14-15H2,1H3. The zero-order valence-corrected chi connectivity index (χ0v) is 16.1. The van der Waals surface area contributed by atoms with Gasteiger partial charge in [0.25, 0.3) is 5.56 Å². The summed E-state index contributed by atoms with van der Waals surface area (Å²) in [6, 6.07) is 11.4. The molecule has 2 heterocycles. The predicted octanol–water partition coefficient (Wildman–Crippen LogP) is 0.892. The first-order valence-electron chi connectivity index (χ1n) is 9.50. The van der Waals surface area contributed by atoms with Gasteiger partial charge in [-0.25, -0.2) is 0 Å². The van der Waals surface area contributed by atoms with Gasteiger partial charge in [-0.15, -0.1) is 0 Å². The molecule has 0 aliphatic carbocycles.